The minimum Gasteiger partial charge on any atom is -0.480 e. The molecule has 2 N–H and O–H groups in total. The van der Waals surface area contributed by atoms with E-state index in [0.29, 0.717) is 6.42 Å². The van der Waals surface area contributed by atoms with E-state index in [0.717, 1.165) is 12.1 Å². The Hall–Kier alpha value is -0.990. The number of carboxylic acids is 1. The summed E-state index contributed by atoms with van der Waals surface area (Å²) in [5.41, 5.74) is 0.836. The highest BCUT2D eigenvalue weighted by Gasteiger charge is 2.22. The van der Waals surface area contributed by atoms with Crippen molar-refractivity contribution in [1.82, 2.24) is 5.32 Å². The quantitative estimate of drug-likeness (QED) is 0.534. The van der Waals surface area contributed by atoms with Crippen LogP contribution in [0.4, 0.5) is 0 Å². The lowest BCUT2D eigenvalue weighted by Crippen LogP contribution is -2.29. The van der Waals surface area contributed by atoms with E-state index in [1.165, 1.54) is 0 Å². The van der Waals surface area contributed by atoms with Crippen molar-refractivity contribution in [2.75, 3.05) is 0 Å². The van der Waals surface area contributed by atoms with Crippen LogP contribution in [0.15, 0.2) is 12.3 Å². The molecule has 0 aromatic rings. The standard InChI is InChI=1S/C6H9NO2/c1-4-2-3-5(7-4)6(8)9/h5,7H,1-3H2,(H,8,9)/t5-/m1/s1. The van der Waals surface area contributed by atoms with Crippen LogP contribution in [0.3, 0.4) is 0 Å². The first-order valence-electron chi connectivity index (χ1n) is 2.87. The van der Waals surface area contributed by atoms with Crippen molar-refractivity contribution in [3.8, 4) is 0 Å². The van der Waals surface area contributed by atoms with Crippen LogP contribution in [-0.4, -0.2) is 17.1 Å². The van der Waals surface area contributed by atoms with Gasteiger partial charge in [0.05, 0.1) is 0 Å². The number of hydrogen-bond donors (Lipinski definition) is 2. The van der Waals surface area contributed by atoms with Crippen LogP contribution in [0.5, 0.6) is 0 Å². The van der Waals surface area contributed by atoms with Gasteiger partial charge in [0.2, 0.25) is 0 Å². The van der Waals surface area contributed by atoms with Gasteiger partial charge in [0, 0.05) is 5.70 Å². The largest absolute Gasteiger partial charge is 0.480 e. The van der Waals surface area contributed by atoms with Gasteiger partial charge in [-0.25, -0.2) is 4.79 Å². The second-order valence-corrected chi connectivity index (χ2v) is 2.18. The van der Waals surface area contributed by atoms with Crippen molar-refractivity contribution in [1.29, 1.82) is 0 Å². The first-order chi connectivity index (χ1) is 4.20. The summed E-state index contributed by atoms with van der Waals surface area (Å²) in [6.45, 7) is 3.61. The zero-order chi connectivity index (χ0) is 6.85. The van der Waals surface area contributed by atoms with E-state index in [9.17, 15) is 4.79 Å². The Labute approximate surface area is 53.4 Å². The zero-order valence-corrected chi connectivity index (χ0v) is 5.05. The summed E-state index contributed by atoms with van der Waals surface area (Å²) in [4.78, 5) is 10.2. The maximum absolute atomic E-state index is 10.2. The number of aliphatic carboxylic acids is 1. The SMILES string of the molecule is C=C1CC[C@H](C(=O)O)N1. The lowest BCUT2D eigenvalue weighted by Gasteiger charge is -2.02. The molecule has 1 saturated heterocycles. The van der Waals surface area contributed by atoms with Gasteiger partial charge in [0.1, 0.15) is 6.04 Å². The van der Waals surface area contributed by atoms with Gasteiger partial charge >= 0.3 is 5.97 Å². The Morgan fingerprint density at radius 3 is 2.78 bits per heavy atom. The highest BCUT2D eigenvalue weighted by atomic mass is 16.4. The minimum absolute atomic E-state index is 0.391. The average Bonchev–Trinajstić information content (AvgIpc) is 2.14. The van der Waals surface area contributed by atoms with Gasteiger partial charge in [-0.1, -0.05) is 6.58 Å². The van der Waals surface area contributed by atoms with Crippen molar-refractivity contribution in [2.45, 2.75) is 18.9 Å². The summed E-state index contributed by atoms with van der Waals surface area (Å²) in [6, 6.07) is -0.391. The number of allylic oxidation sites excluding steroid dienone is 1. The molecule has 1 atom stereocenters. The second kappa shape index (κ2) is 2.09. The van der Waals surface area contributed by atoms with Crippen LogP contribution in [0.25, 0.3) is 0 Å². The number of rotatable bonds is 1. The highest BCUT2D eigenvalue weighted by Crippen LogP contribution is 2.12. The predicted molar refractivity (Wildman–Crippen MR) is 32.9 cm³/mol. The lowest BCUT2D eigenvalue weighted by molar-refractivity contribution is -0.138. The summed E-state index contributed by atoms with van der Waals surface area (Å²) in [6.07, 6.45) is 1.46. The maximum Gasteiger partial charge on any atom is 0.326 e. The van der Waals surface area contributed by atoms with E-state index in [1.54, 1.807) is 0 Å². The molecule has 1 rings (SSSR count). The van der Waals surface area contributed by atoms with Crippen LogP contribution >= 0.6 is 0 Å². The predicted octanol–water partition coefficient (Wildman–Crippen LogP) is 0.337. The molecule has 0 aromatic heterocycles. The average molecular weight is 127 g/mol. The fourth-order valence-corrected chi connectivity index (χ4v) is 0.895. The Bertz CT molecular complexity index is 153. The highest BCUT2D eigenvalue weighted by molar-refractivity contribution is 5.74. The summed E-state index contributed by atoms with van der Waals surface area (Å²) in [5.74, 6) is -0.784. The van der Waals surface area contributed by atoms with E-state index < -0.39 is 12.0 Å². The lowest BCUT2D eigenvalue weighted by atomic mass is 10.2. The van der Waals surface area contributed by atoms with E-state index in [-0.39, 0.29) is 0 Å². The molecule has 0 saturated carbocycles. The Kier molecular flexibility index (Phi) is 1.42. The number of carboxylic acid groups (broad SMARTS) is 1. The van der Waals surface area contributed by atoms with Gasteiger partial charge in [-0.05, 0) is 12.8 Å². The Morgan fingerprint density at radius 2 is 2.56 bits per heavy atom. The molecule has 1 heterocycles. The molecule has 3 heteroatoms. The first kappa shape index (κ1) is 6.13. The van der Waals surface area contributed by atoms with Crippen molar-refractivity contribution in [2.24, 2.45) is 0 Å². The third-order valence-corrected chi connectivity index (χ3v) is 1.41. The van der Waals surface area contributed by atoms with Crippen molar-refractivity contribution in [3.05, 3.63) is 12.3 Å². The topological polar surface area (TPSA) is 49.3 Å². The third kappa shape index (κ3) is 1.22. The smallest absolute Gasteiger partial charge is 0.326 e. The molecule has 0 unspecified atom stereocenters. The molecule has 0 aliphatic carbocycles. The molecule has 1 fully saturated rings. The third-order valence-electron chi connectivity index (χ3n) is 1.41. The Balaban J connectivity index is 2.48. The van der Waals surface area contributed by atoms with E-state index in [4.69, 9.17) is 5.11 Å². The van der Waals surface area contributed by atoms with Crippen LogP contribution in [-0.2, 0) is 4.79 Å². The van der Waals surface area contributed by atoms with Crippen LogP contribution < -0.4 is 5.32 Å². The van der Waals surface area contributed by atoms with Crippen LogP contribution in [0.2, 0.25) is 0 Å². The van der Waals surface area contributed by atoms with Gasteiger partial charge < -0.3 is 10.4 Å². The van der Waals surface area contributed by atoms with E-state index in [1.807, 2.05) is 0 Å². The summed E-state index contributed by atoms with van der Waals surface area (Å²) in [5, 5.41) is 11.2. The molecule has 1 aliphatic heterocycles. The normalized spacial score (nSPS) is 25.8. The van der Waals surface area contributed by atoms with E-state index >= 15 is 0 Å². The fraction of sp³-hybridized carbons (Fsp3) is 0.500. The summed E-state index contributed by atoms with van der Waals surface area (Å²) < 4.78 is 0. The molecule has 0 bridgehead atoms. The monoisotopic (exact) mass is 127 g/mol. The number of nitrogens with one attached hydrogen (secondary N) is 1. The Morgan fingerprint density at radius 1 is 1.89 bits per heavy atom. The number of hydrogen-bond acceptors (Lipinski definition) is 2. The molecule has 0 amide bonds. The molecule has 0 spiro atoms. The summed E-state index contributed by atoms with van der Waals surface area (Å²) >= 11 is 0. The molecular formula is C6H9NO2. The fourth-order valence-electron chi connectivity index (χ4n) is 0.895. The van der Waals surface area contributed by atoms with Crippen molar-refractivity contribution >= 4 is 5.97 Å². The molecule has 1 aliphatic rings. The van der Waals surface area contributed by atoms with Crippen LogP contribution in [0, 0.1) is 0 Å². The number of carbonyl (C=O) groups is 1. The maximum atomic E-state index is 10.2. The molecular weight excluding hydrogens is 118 g/mol. The van der Waals surface area contributed by atoms with Crippen LogP contribution in [0.1, 0.15) is 12.8 Å². The van der Waals surface area contributed by atoms with Gasteiger partial charge in [0.25, 0.3) is 0 Å². The molecule has 0 aromatic carbocycles. The van der Waals surface area contributed by atoms with Gasteiger partial charge in [-0.3, -0.25) is 0 Å². The van der Waals surface area contributed by atoms with Gasteiger partial charge in [-0.15, -0.1) is 0 Å². The molecule has 9 heavy (non-hydrogen) atoms. The van der Waals surface area contributed by atoms with Crippen molar-refractivity contribution in [3.63, 3.8) is 0 Å². The van der Waals surface area contributed by atoms with E-state index in [2.05, 4.69) is 11.9 Å². The molecule has 3 nitrogen and oxygen atoms in total. The minimum atomic E-state index is -0.784. The summed E-state index contributed by atoms with van der Waals surface area (Å²) in [7, 11) is 0. The van der Waals surface area contributed by atoms with Gasteiger partial charge in [-0.2, -0.15) is 0 Å². The molecule has 50 valence electrons. The van der Waals surface area contributed by atoms with Crippen molar-refractivity contribution < 1.29 is 9.90 Å². The zero-order valence-electron chi connectivity index (χ0n) is 5.05. The first-order valence-corrected chi connectivity index (χ1v) is 2.87. The second-order valence-electron chi connectivity index (χ2n) is 2.18. The van der Waals surface area contributed by atoms with Gasteiger partial charge in [0.15, 0.2) is 0 Å². The molecule has 0 radical (unpaired) electrons.